The van der Waals surface area contributed by atoms with Crippen LogP contribution >= 0.6 is 50.2 Å². The number of halogens is 2. The molecule has 1 aromatic carbocycles. The molecule has 0 bridgehead atoms. The van der Waals surface area contributed by atoms with Crippen molar-refractivity contribution in [3.63, 3.8) is 0 Å². The van der Waals surface area contributed by atoms with Crippen LogP contribution in [0.2, 0.25) is 4.34 Å². The van der Waals surface area contributed by atoms with E-state index in [1.54, 1.807) is 11.3 Å². The van der Waals surface area contributed by atoms with E-state index >= 15 is 0 Å². The summed E-state index contributed by atoms with van der Waals surface area (Å²) in [7, 11) is 0. The zero-order valence-corrected chi connectivity index (χ0v) is 13.0. The number of rotatable bonds is 2. The zero-order valence-electron chi connectivity index (χ0n) is 9.06. The minimum Gasteiger partial charge on any atom is -0.236 e. The third kappa shape index (κ3) is 2.52. The minimum absolute atomic E-state index is 0.794. The fraction of sp³-hybridized carbons (Fsp3) is 0. The van der Waals surface area contributed by atoms with Crippen molar-refractivity contribution in [3.8, 4) is 21.8 Å². The molecule has 0 atom stereocenters. The van der Waals surface area contributed by atoms with E-state index in [1.807, 2.05) is 23.6 Å². The van der Waals surface area contributed by atoms with E-state index in [2.05, 4.69) is 38.4 Å². The Morgan fingerprint density at radius 3 is 2.67 bits per heavy atom. The second kappa shape index (κ2) is 5.13. The number of thiophene rings is 1. The van der Waals surface area contributed by atoms with Crippen molar-refractivity contribution in [2.45, 2.75) is 0 Å². The number of aromatic nitrogens is 1. The lowest BCUT2D eigenvalue weighted by molar-refractivity contribution is 1.41. The van der Waals surface area contributed by atoms with Crippen LogP contribution in [0.25, 0.3) is 21.8 Å². The Labute approximate surface area is 126 Å². The summed E-state index contributed by atoms with van der Waals surface area (Å²) in [6, 6.07) is 10.1. The lowest BCUT2D eigenvalue weighted by Gasteiger charge is -1.96. The van der Waals surface area contributed by atoms with Crippen LogP contribution < -0.4 is 0 Å². The second-order valence-corrected chi connectivity index (χ2v) is 7.00. The largest absolute Gasteiger partial charge is 0.236 e. The summed E-state index contributed by atoms with van der Waals surface area (Å²) in [6.07, 6.45) is 0. The van der Waals surface area contributed by atoms with E-state index in [0.717, 1.165) is 30.6 Å². The summed E-state index contributed by atoms with van der Waals surface area (Å²) >= 11 is 12.6. The van der Waals surface area contributed by atoms with Gasteiger partial charge in [0, 0.05) is 26.4 Å². The molecule has 1 nitrogen and oxygen atoms in total. The SMILES string of the molecule is Clc1cc(-c2csc(-c3cccc(Br)c3)n2)cs1. The molecule has 0 saturated heterocycles. The first-order valence-electron chi connectivity index (χ1n) is 5.18. The quantitative estimate of drug-likeness (QED) is 0.552. The number of benzene rings is 1. The first-order valence-corrected chi connectivity index (χ1v) is 8.11. The van der Waals surface area contributed by atoms with Crippen molar-refractivity contribution in [3.05, 3.63) is 49.9 Å². The monoisotopic (exact) mass is 355 g/mol. The molecule has 0 aliphatic carbocycles. The standard InChI is InChI=1S/C13H7BrClNS2/c14-10-3-1-2-8(4-10)13-16-11(7-18-13)9-5-12(15)17-6-9/h1-7H. The summed E-state index contributed by atoms with van der Waals surface area (Å²) in [5.41, 5.74) is 3.20. The summed E-state index contributed by atoms with van der Waals surface area (Å²) in [5.74, 6) is 0. The molecule has 3 aromatic rings. The van der Waals surface area contributed by atoms with Gasteiger partial charge in [0.25, 0.3) is 0 Å². The summed E-state index contributed by atoms with van der Waals surface area (Å²) in [6.45, 7) is 0. The molecule has 0 saturated carbocycles. The van der Waals surface area contributed by atoms with Gasteiger partial charge in [-0.2, -0.15) is 0 Å². The fourth-order valence-electron chi connectivity index (χ4n) is 1.60. The maximum Gasteiger partial charge on any atom is 0.124 e. The molecule has 2 aromatic heterocycles. The van der Waals surface area contributed by atoms with Gasteiger partial charge in [-0.15, -0.1) is 22.7 Å². The lowest BCUT2D eigenvalue weighted by atomic mass is 10.2. The molecule has 0 spiro atoms. The Hall–Kier alpha value is -0.680. The van der Waals surface area contributed by atoms with Gasteiger partial charge in [0.1, 0.15) is 5.01 Å². The van der Waals surface area contributed by atoms with E-state index in [9.17, 15) is 0 Å². The minimum atomic E-state index is 0.794. The highest BCUT2D eigenvalue weighted by molar-refractivity contribution is 9.10. The number of hydrogen-bond acceptors (Lipinski definition) is 3. The molecule has 0 unspecified atom stereocenters. The van der Waals surface area contributed by atoms with Crippen molar-refractivity contribution >= 4 is 50.2 Å². The summed E-state index contributed by atoms with van der Waals surface area (Å²) in [4.78, 5) is 4.65. The molecular weight excluding hydrogens is 350 g/mol. The van der Waals surface area contributed by atoms with Crippen LogP contribution in [0, 0.1) is 0 Å². The molecule has 0 radical (unpaired) electrons. The molecule has 2 heterocycles. The zero-order chi connectivity index (χ0) is 12.5. The van der Waals surface area contributed by atoms with Gasteiger partial charge in [0.2, 0.25) is 0 Å². The van der Waals surface area contributed by atoms with Crippen LogP contribution in [0.4, 0.5) is 0 Å². The van der Waals surface area contributed by atoms with Gasteiger partial charge in [-0.25, -0.2) is 4.98 Å². The summed E-state index contributed by atoms with van der Waals surface area (Å²) < 4.78 is 1.86. The van der Waals surface area contributed by atoms with Crippen LogP contribution in [0.15, 0.2) is 45.6 Å². The highest BCUT2D eigenvalue weighted by Crippen LogP contribution is 2.33. The van der Waals surface area contributed by atoms with Gasteiger partial charge in [-0.3, -0.25) is 0 Å². The van der Waals surface area contributed by atoms with Gasteiger partial charge >= 0.3 is 0 Å². The second-order valence-electron chi connectivity index (χ2n) is 3.69. The van der Waals surface area contributed by atoms with E-state index in [4.69, 9.17) is 11.6 Å². The molecule has 0 aliphatic rings. The molecule has 0 fully saturated rings. The Morgan fingerprint density at radius 1 is 1.06 bits per heavy atom. The van der Waals surface area contributed by atoms with Gasteiger partial charge in [-0.05, 0) is 18.2 Å². The molecular formula is C13H7BrClNS2. The lowest BCUT2D eigenvalue weighted by Crippen LogP contribution is -1.77. The van der Waals surface area contributed by atoms with Crippen molar-refractivity contribution in [2.75, 3.05) is 0 Å². The Balaban J connectivity index is 1.99. The average molecular weight is 357 g/mol. The van der Waals surface area contributed by atoms with Crippen LogP contribution in [0.5, 0.6) is 0 Å². The fourth-order valence-corrected chi connectivity index (χ4v) is 3.70. The van der Waals surface area contributed by atoms with Crippen molar-refractivity contribution in [1.82, 2.24) is 4.98 Å². The van der Waals surface area contributed by atoms with Crippen molar-refractivity contribution in [2.24, 2.45) is 0 Å². The van der Waals surface area contributed by atoms with Gasteiger partial charge in [0.05, 0.1) is 10.0 Å². The van der Waals surface area contributed by atoms with E-state index in [1.165, 1.54) is 11.3 Å². The van der Waals surface area contributed by atoms with Crippen LogP contribution in [0.1, 0.15) is 0 Å². The molecule has 18 heavy (non-hydrogen) atoms. The van der Waals surface area contributed by atoms with Crippen molar-refractivity contribution in [1.29, 1.82) is 0 Å². The van der Waals surface area contributed by atoms with Gasteiger partial charge < -0.3 is 0 Å². The van der Waals surface area contributed by atoms with E-state index < -0.39 is 0 Å². The number of nitrogens with zero attached hydrogens (tertiary/aromatic N) is 1. The van der Waals surface area contributed by atoms with Gasteiger partial charge in [-0.1, -0.05) is 39.7 Å². The smallest absolute Gasteiger partial charge is 0.124 e. The molecule has 5 heteroatoms. The maximum atomic E-state index is 5.94. The molecule has 0 N–H and O–H groups in total. The molecule has 0 amide bonds. The van der Waals surface area contributed by atoms with Crippen LogP contribution in [0.3, 0.4) is 0 Å². The topological polar surface area (TPSA) is 12.9 Å². The first-order chi connectivity index (χ1) is 8.72. The number of thiazole rings is 1. The molecule has 90 valence electrons. The Bertz CT molecular complexity index is 690. The molecule has 3 rings (SSSR count). The third-order valence-electron chi connectivity index (χ3n) is 2.44. The van der Waals surface area contributed by atoms with E-state index in [0.29, 0.717) is 0 Å². The molecule has 0 aliphatic heterocycles. The van der Waals surface area contributed by atoms with Crippen molar-refractivity contribution < 1.29 is 0 Å². The predicted octanol–water partition coefficient (Wildman–Crippen LogP) is 5.95. The Kier molecular flexibility index (Phi) is 3.52. The maximum absolute atomic E-state index is 5.94. The Morgan fingerprint density at radius 2 is 1.94 bits per heavy atom. The van der Waals surface area contributed by atoms with Crippen LogP contribution in [-0.4, -0.2) is 4.98 Å². The average Bonchev–Trinajstić information content (AvgIpc) is 2.97. The van der Waals surface area contributed by atoms with E-state index in [-0.39, 0.29) is 0 Å². The predicted molar refractivity (Wildman–Crippen MR) is 83.6 cm³/mol. The third-order valence-corrected chi connectivity index (χ3v) is 4.91. The van der Waals surface area contributed by atoms with Crippen LogP contribution in [-0.2, 0) is 0 Å². The number of hydrogen-bond donors (Lipinski definition) is 0. The van der Waals surface area contributed by atoms with Gasteiger partial charge in [0.15, 0.2) is 0 Å². The highest BCUT2D eigenvalue weighted by Gasteiger charge is 2.08. The normalized spacial score (nSPS) is 10.8. The highest BCUT2D eigenvalue weighted by atomic mass is 79.9. The summed E-state index contributed by atoms with van der Waals surface area (Å²) in [5, 5.41) is 5.12. The first kappa shape index (κ1) is 12.4.